The topological polar surface area (TPSA) is 55.8 Å². The molecule has 0 aromatic heterocycles. The number of carbonyl (C=O) groups excluding carboxylic acids is 2. The van der Waals surface area contributed by atoms with Gasteiger partial charge in [-0.15, -0.1) is 0 Å². The molecule has 0 atom stereocenters. The highest BCUT2D eigenvalue weighted by atomic mass is 16.6. The minimum absolute atomic E-state index is 0.0820. The van der Waals surface area contributed by atoms with Crippen molar-refractivity contribution in [1.29, 1.82) is 0 Å². The van der Waals surface area contributed by atoms with Gasteiger partial charge in [-0.2, -0.15) is 0 Å². The van der Waals surface area contributed by atoms with Crippen LogP contribution in [0.5, 0.6) is 0 Å². The average molecular weight is 319 g/mol. The lowest BCUT2D eigenvalue weighted by Crippen LogP contribution is -2.45. The zero-order valence-corrected chi connectivity index (χ0v) is 14.3. The van der Waals surface area contributed by atoms with Gasteiger partial charge in [0, 0.05) is 5.54 Å². The molecule has 23 heavy (non-hydrogen) atoms. The molecule has 0 N–H and O–H groups in total. The van der Waals surface area contributed by atoms with Crippen molar-refractivity contribution in [3.63, 3.8) is 0 Å². The summed E-state index contributed by atoms with van der Waals surface area (Å²) in [5.74, 6) is -0.415. The van der Waals surface area contributed by atoms with Crippen molar-refractivity contribution < 1.29 is 19.1 Å². The van der Waals surface area contributed by atoms with Crippen LogP contribution in [0.15, 0.2) is 30.3 Å². The Hall–Kier alpha value is -2.04. The molecule has 1 aliphatic rings. The van der Waals surface area contributed by atoms with Crippen LogP contribution in [0.3, 0.4) is 0 Å². The lowest BCUT2D eigenvalue weighted by molar-refractivity contribution is -0.156. The van der Waals surface area contributed by atoms with Crippen molar-refractivity contribution in [2.75, 3.05) is 6.54 Å². The number of nitrogens with zero attached hydrogens (tertiary/aromatic N) is 1. The van der Waals surface area contributed by atoms with Crippen molar-refractivity contribution in [2.45, 2.75) is 58.3 Å². The Morgan fingerprint density at radius 3 is 2.30 bits per heavy atom. The van der Waals surface area contributed by atoms with Crippen LogP contribution in [0.25, 0.3) is 0 Å². The van der Waals surface area contributed by atoms with Crippen molar-refractivity contribution in [3.05, 3.63) is 35.9 Å². The number of carbonyl (C=O) groups is 2. The summed E-state index contributed by atoms with van der Waals surface area (Å²) in [6.07, 6.45) is 1.27. The average Bonchev–Trinajstić information content (AvgIpc) is 3.20. The summed E-state index contributed by atoms with van der Waals surface area (Å²) >= 11 is 0. The molecular weight excluding hydrogens is 294 g/mol. The fourth-order valence-electron chi connectivity index (χ4n) is 2.23. The highest BCUT2D eigenvalue weighted by Crippen LogP contribution is 2.41. The van der Waals surface area contributed by atoms with E-state index in [0.29, 0.717) is 0 Å². The Labute approximate surface area is 137 Å². The minimum Gasteiger partial charge on any atom is -0.459 e. The number of benzene rings is 1. The van der Waals surface area contributed by atoms with Crippen LogP contribution in [-0.4, -0.2) is 34.6 Å². The van der Waals surface area contributed by atoms with Crippen LogP contribution in [0.4, 0.5) is 4.79 Å². The van der Waals surface area contributed by atoms with Gasteiger partial charge in [-0.25, -0.2) is 4.79 Å². The summed E-state index contributed by atoms with van der Waals surface area (Å²) < 4.78 is 10.7. The van der Waals surface area contributed by atoms with Crippen LogP contribution in [0, 0.1) is 0 Å². The third-order valence-electron chi connectivity index (χ3n) is 3.76. The highest BCUT2D eigenvalue weighted by Gasteiger charge is 2.47. The molecule has 1 fully saturated rings. The standard InChI is InChI=1S/C18H25NO4/c1-17(2,3)23-15(20)12-19(18(4)10-11-18)16(21)22-13-14-8-6-5-7-9-14/h5-9H,10-13H2,1-4H3. The van der Waals surface area contributed by atoms with Gasteiger partial charge in [0.05, 0.1) is 0 Å². The van der Waals surface area contributed by atoms with Crippen molar-refractivity contribution in [3.8, 4) is 0 Å². The Balaban J connectivity index is 1.95. The van der Waals surface area contributed by atoms with E-state index in [0.717, 1.165) is 18.4 Å². The minimum atomic E-state index is -0.568. The molecule has 0 heterocycles. The highest BCUT2D eigenvalue weighted by molar-refractivity contribution is 5.79. The van der Waals surface area contributed by atoms with Gasteiger partial charge in [-0.05, 0) is 46.1 Å². The van der Waals surface area contributed by atoms with E-state index in [1.54, 1.807) is 0 Å². The van der Waals surface area contributed by atoms with Gasteiger partial charge in [-0.3, -0.25) is 9.69 Å². The summed E-state index contributed by atoms with van der Waals surface area (Å²) in [4.78, 5) is 25.9. The molecule has 0 unspecified atom stereocenters. The summed E-state index contributed by atoms with van der Waals surface area (Å²) in [5.41, 5.74) is 0.0465. The molecule has 1 aliphatic carbocycles. The van der Waals surface area contributed by atoms with Crippen LogP contribution in [0.2, 0.25) is 0 Å². The van der Waals surface area contributed by atoms with Crippen molar-refractivity contribution in [1.82, 2.24) is 4.90 Å². The maximum Gasteiger partial charge on any atom is 0.411 e. The molecular formula is C18H25NO4. The molecule has 0 saturated heterocycles. The van der Waals surface area contributed by atoms with Crippen LogP contribution in [0.1, 0.15) is 46.1 Å². The Bertz CT molecular complexity index is 558. The molecule has 1 saturated carbocycles. The van der Waals surface area contributed by atoms with Gasteiger partial charge < -0.3 is 9.47 Å². The second-order valence-corrected chi connectivity index (χ2v) is 7.21. The van der Waals surface area contributed by atoms with E-state index in [-0.39, 0.29) is 18.7 Å². The Morgan fingerprint density at radius 1 is 1.17 bits per heavy atom. The fourth-order valence-corrected chi connectivity index (χ4v) is 2.23. The second-order valence-electron chi connectivity index (χ2n) is 7.21. The first-order valence-electron chi connectivity index (χ1n) is 7.90. The van der Waals surface area contributed by atoms with E-state index in [1.807, 2.05) is 58.0 Å². The molecule has 0 spiro atoms. The van der Waals surface area contributed by atoms with Gasteiger partial charge in [-0.1, -0.05) is 30.3 Å². The van der Waals surface area contributed by atoms with Gasteiger partial charge in [0.15, 0.2) is 0 Å². The first kappa shape index (κ1) is 17.3. The SMILES string of the molecule is CC(C)(C)OC(=O)CN(C(=O)OCc1ccccc1)C1(C)CC1. The maximum absolute atomic E-state index is 12.4. The number of hydrogen-bond acceptors (Lipinski definition) is 4. The van der Waals surface area contributed by atoms with Crippen LogP contribution < -0.4 is 0 Å². The predicted octanol–water partition coefficient (Wildman–Crippen LogP) is 3.52. The summed E-state index contributed by atoms with van der Waals surface area (Å²) in [6, 6.07) is 9.48. The molecule has 126 valence electrons. The fraction of sp³-hybridized carbons (Fsp3) is 0.556. The largest absolute Gasteiger partial charge is 0.459 e. The number of hydrogen-bond donors (Lipinski definition) is 0. The third-order valence-corrected chi connectivity index (χ3v) is 3.76. The molecule has 0 radical (unpaired) electrons. The van der Waals surface area contributed by atoms with E-state index in [2.05, 4.69) is 0 Å². The molecule has 2 rings (SSSR count). The van der Waals surface area contributed by atoms with E-state index in [4.69, 9.17) is 9.47 Å². The predicted molar refractivity (Wildman–Crippen MR) is 86.8 cm³/mol. The molecule has 5 heteroatoms. The molecule has 0 bridgehead atoms. The molecule has 1 aromatic carbocycles. The molecule has 1 amide bonds. The zero-order chi connectivity index (χ0) is 17.1. The third kappa shape index (κ3) is 5.27. The van der Waals surface area contributed by atoms with Crippen LogP contribution in [-0.2, 0) is 20.9 Å². The van der Waals surface area contributed by atoms with Gasteiger partial charge in [0.25, 0.3) is 0 Å². The Morgan fingerprint density at radius 2 is 1.78 bits per heavy atom. The zero-order valence-electron chi connectivity index (χ0n) is 14.3. The van der Waals surface area contributed by atoms with E-state index in [9.17, 15) is 9.59 Å². The molecule has 0 aliphatic heterocycles. The van der Waals surface area contributed by atoms with Gasteiger partial charge in [0.2, 0.25) is 0 Å². The smallest absolute Gasteiger partial charge is 0.411 e. The van der Waals surface area contributed by atoms with Crippen LogP contribution >= 0.6 is 0 Å². The normalized spacial score (nSPS) is 15.7. The maximum atomic E-state index is 12.4. The second kappa shape index (κ2) is 6.60. The first-order valence-corrected chi connectivity index (χ1v) is 7.90. The summed E-state index contributed by atoms with van der Waals surface area (Å²) in [6.45, 7) is 7.49. The number of ether oxygens (including phenoxy) is 2. The number of rotatable bonds is 5. The molecule has 5 nitrogen and oxygen atoms in total. The van der Waals surface area contributed by atoms with E-state index in [1.165, 1.54) is 4.90 Å². The van der Waals surface area contributed by atoms with E-state index >= 15 is 0 Å². The molecule has 1 aromatic rings. The van der Waals surface area contributed by atoms with Crippen molar-refractivity contribution in [2.24, 2.45) is 0 Å². The monoisotopic (exact) mass is 319 g/mol. The number of esters is 1. The van der Waals surface area contributed by atoms with Gasteiger partial charge >= 0.3 is 12.1 Å². The lowest BCUT2D eigenvalue weighted by atomic mass is 10.2. The first-order chi connectivity index (χ1) is 10.7. The lowest BCUT2D eigenvalue weighted by Gasteiger charge is -2.29. The Kier molecular flexibility index (Phi) is 4.97. The number of amides is 1. The van der Waals surface area contributed by atoms with Crippen molar-refractivity contribution >= 4 is 12.1 Å². The quantitative estimate of drug-likeness (QED) is 0.779. The summed E-state index contributed by atoms with van der Waals surface area (Å²) in [5, 5.41) is 0. The van der Waals surface area contributed by atoms with Gasteiger partial charge in [0.1, 0.15) is 18.8 Å². The van der Waals surface area contributed by atoms with E-state index < -0.39 is 17.7 Å². The summed E-state index contributed by atoms with van der Waals surface area (Å²) in [7, 11) is 0.